The summed E-state index contributed by atoms with van der Waals surface area (Å²) < 4.78 is 2.88. The van der Waals surface area contributed by atoms with Gasteiger partial charge in [0.05, 0.1) is 18.2 Å². The molecule has 2 aromatic rings. The predicted molar refractivity (Wildman–Crippen MR) is 62.3 cm³/mol. The van der Waals surface area contributed by atoms with Crippen LogP contribution in [0.3, 0.4) is 0 Å². The molecule has 92 valence electrons. The summed E-state index contributed by atoms with van der Waals surface area (Å²) in [7, 11) is 0. The number of hydrogen-bond acceptors (Lipinski definition) is 3. The lowest BCUT2D eigenvalue weighted by Gasteiger charge is -1.96. The summed E-state index contributed by atoms with van der Waals surface area (Å²) in [6.07, 6.45) is 6.49. The van der Waals surface area contributed by atoms with E-state index in [1.807, 2.05) is 6.07 Å². The zero-order chi connectivity index (χ0) is 13.5. The fourth-order valence-corrected chi connectivity index (χ4v) is 1.28. The van der Waals surface area contributed by atoms with Crippen LogP contribution < -0.4 is 19.1 Å². The second kappa shape index (κ2) is 5.99. The normalized spacial score (nSPS) is 9.16. The number of nitrogens with zero attached hydrogens (tertiary/aromatic N) is 4. The Kier molecular flexibility index (Phi) is 3.89. The van der Waals surface area contributed by atoms with Crippen molar-refractivity contribution in [2.75, 3.05) is 6.79 Å². The third kappa shape index (κ3) is 3.42. The van der Waals surface area contributed by atoms with E-state index in [0.717, 1.165) is 0 Å². The summed E-state index contributed by atoms with van der Waals surface area (Å²) in [5, 5.41) is 8.65. The van der Waals surface area contributed by atoms with Crippen molar-refractivity contribution in [2.45, 2.75) is 0 Å². The third-order valence-corrected chi connectivity index (χ3v) is 2.25. The standard InChI is InChI=1S/C13H10N4O2/c1-15-13-4-8-17(9-5-13)19-11-18-16-6-2-12(10-14)3-7-16/h2-9H,11H2/q+2. The highest BCUT2D eigenvalue weighted by Crippen LogP contribution is 2.05. The molecule has 0 unspecified atom stereocenters. The largest absolute Gasteiger partial charge is 0.364 e. The Morgan fingerprint density at radius 2 is 1.58 bits per heavy atom. The third-order valence-electron chi connectivity index (χ3n) is 2.25. The Hall–Kier alpha value is -3.12. The number of pyridine rings is 2. The van der Waals surface area contributed by atoms with Crippen molar-refractivity contribution < 1.29 is 19.1 Å². The van der Waals surface area contributed by atoms with Gasteiger partial charge in [0.1, 0.15) is 0 Å². The molecule has 2 rings (SSSR count). The van der Waals surface area contributed by atoms with Gasteiger partial charge in [0, 0.05) is 33.7 Å². The van der Waals surface area contributed by atoms with E-state index >= 15 is 0 Å². The topological polar surface area (TPSA) is 54.4 Å². The molecule has 0 spiro atoms. The molecule has 0 amide bonds. The Bertz CT molecular complexity index is 566. The maximum atomic E-state index is 8.65. The van der Waals surface area contributed by atoms with E-state index in [9.17, 15) is 0 Å². The SMILES string of the molecule is [C-]#[N+]c1cc[n+](OCO[n+]2ccc(C#N)cc2)cc1. The van der Waals surface area contributed by atoms with Crippen molar-refractivity contribution in [3.63, 3.8) is 0 Å². The molecule has 0 atom stereocenters. The average Bonchev–Trinajstić information content (AvgIpc) is 2.49. The van der Waals surface area contributed by atoms with Crippen LogP contribution in [0, 0.1) is 17.9 Å². The molecule has 2 aromatic heterocycles. The van der Waals surface area contributed by atoms with Gasteiger partial charge in [-0.1, -0.05) is 0 Å². The molecular weight excluding hydrogens is 244 g/mol. The highest BCUT2D eigenvalue weighted by Gasteiger charge is 2.06. The van der Waals surface area contributed by atoms with Crippen LogP contribution in [-0.4, -0.2) is 6.79 Å². The molecule has 6 heteroatoms. The number of rotatable bonds is 4. The predicted octanol–water partition coefficient (Wildman–Crippen LogP) is 0.199. The van der Waals surface area contributed by atoms with Crippen LogP contribution in [0.1, 0.15) is 5.56 Å². The number of hydrogen-bond donors (Lipinski definition) is 0. The number of nitriles is 1. The van der Waals surface area contributed by atoms with E-state index in [4.69, 9.17) is 21.5 Å². The minimum Gasteiger partial charge on any atom is -0.238 e. The Labute approximate surface area is 110 Å². The molecule has 0 fully saturated rings. The summed E-state index contributed by atoms with van der Waals surface area (Å²) in [4.78, 5) is 13.8. The molecule has 0 radical (unpaired) electrons. The number of aromatic nitrogens is 2. The molecule has 0 aromatic carbocycles. The maximum Gasteiger partial charge on any atom is 0.364 e. The van der Waals surface area contributed by atoms with Gasteiger partial charge in [-0.2, -0.15) is 5.26 Å². The summed E-state index contributed by atoms with van der Waals surface area (Å²) in [5.41, 5.74) is 1.10. The van der Waals surface area contributed by atoms with E-state index in [0.29, 0.717) is 11.3 Å². The van der Waals surface area contributed by atoms with Crippen LogP contribution >= 0.6 is 0 Å². The highest BCUT2D eigenvalue weighted by atomic mass is 16.8. The van der Waals surface area contributed by atoms with E-state index < -0.39 is 0 Å². The van der Waals surface area contributed by atoms with Gasteiger partial charge in [0.25, 0.3) is 0 Å². The zero-order valence-electron chi connectivity index (χ0n) is 9.93. The Balaban J connectivity index is 1.85. The van der Waals surface area contributed by atoms with E-state index in [1.165, 1.54) is 9.46 Å². The smallest absolute Gasteiger partial charge is 0.238 e. The second-order valence-corrected chi connectivity index (χ2v) is 3.46. The molecule has 0 aliphatic heterocycles. The summed E-state index contributed by atoms with van der Waals surface area (Å²) in [6.45, 7) is 6.82. The first-order valence-corrected chi connectivity index (χ1v) is 5.38. The first kappa shape index (κ1) is 12.3. The van der Waals surface area contributed by atoms with Crippen LogP contribution in [0.25, 0.3) is 4.85 Å². The molecule has 0 bridgehead atoms. The van der Waals surface area contributed by atoms with Crippen LogP contribution in [0.5, 0.6) is 0 Å². The minimum atomic E-state index is -0.00139. The Morgan fingerprint density at radius 3 is 2.05 bits per heavy atom. The molecule has 0 saturated carbocycles. The van der Waals surface area contributed by atoms with Gasteiger partial charge in [-0.3, -0.25) is 0 Å². The van der Waals surface area contributed by atoms with Crippen LogP contribution in [0.15, 0.2) is 49.1 Å². The van der Waals surface area contributed by atoms with Gasteiger partial charge in [0.15, 0.2) is 5.69 Å². The summed E-state index contributed by atoms with van der Waals surface area (Å²) in [6, 6.07) is 8.57. The quantitative estimate of drug-likeness (QED) is 0.445. The van der Waals surface area contributed by atoms with Crippen molar-refractivity contribution in [1.82, 2.24) is 0 Å². The molecule has 19 heavy (non-hydrogen) atoms. The lowest BCUT2D eigenvalue weighted by Crippen LogP contribution is -2.51. The highest BCUT2D eigenvalue weighted by molar-refractivity contribution is 5.40. The van der Waals surface area contributed by atoms with Crippen molar-refractivity contribution in [2.24, 2.45) is 0 Å². The molecule has 0 N–H and O–H groups in total. The van der Waals surface area contributed by atoms with Gasteiger partial charge in [-0.15, -0.1) is 0 Å². The fourth-order valence-electron chi connectivity index (χ4n) is 1.28. The van der Waals surface area contributed by atoms with Gasteiger partial charge >= 0.3 is 6.79 Å². The van der Waals surface area contributed by atoms with Gasteiger partial charge in [-0.05, 0) is 0 Å². The van der Waals surface area contributed by atoms with Crippen LogP contribution in [-0.2, 0) is 0 Å². The van der Waals surface area contributed by atoms with Crippen molar-refractivity contribution in [1.29, 1.82) is 5.26 Å². The average molecular weight is 254 g/mol. The molecule has 0 saturated heterocycles. The fraction of sp³-hybridized carbons (Fsp3) is 0.0769. The first-order valence-electron chi connectivity index (χ1n) is 5.38. The zero-order valence-corrected chi connectivity index (χ0v) is 9.93. The molecule has 6 nitrogen and oxygen atoms in total. The van der Waals surface area contributed by atoms with Gasteiger partial charge in [-0.25, -0.2) is 14.5 Å². The summed E-state index contributed by atoms with van der Waals surface area (Å²) in [5.74, 6) is 0. The first-order chi connectivity index (χ1) is 9.31. The minimum absolute atomic E-state index is 0.00139. The lowest BCUT2D eigenvalue weighted by molar-refractivity contribution is -0.950. The van der Waals surface area contributed by atoms with E-state index in [1.54, 1.807) is 49.1 Å². The molecule has 0 aliphatic carbocycles. The van der Waals surface area contributed by atoms with Crippen LogP contribution in [0.2, 0.25) is 0 Å². The molecular formula is C13H10N4O2+2. The van der Waals surface area contributed by atoms with Crippen molar-refractivity contribution in [3.8, 4) is 6.07 Å². The van der Waals surface area contributed by atoms with Crippen molar-refractivity contribution >= 4 is 5.69 Å². The van der Waals surface area contributed by atoms with Gasteiger partial charge in [0.2, 0.25) is 24.8 Å². The Morgan fingerprint density at radius 1 is 1.05 bits per heavy atom. The second-order valence-electron chi connectivity index (χ2n) is 3.46. The maximum absolute atomic E-state index is 8.65. The summed E-state index contributed by atoms with van der Waals surface area (Å²) >= 11 is 0. The van der Waals surface area contributed by atoms with Crippen molar-refractivity contribution in [3.05, 3.63) is 66.0 Å². The lowest BCUT2D eigenvalue weighted by atomic mass is 10.3. The van der Waals surface area contributed by atoms with Gasteiger partial charge < -0.3 is 0 Å². The molecule has 0 aliphatic rings. The monoisotopic (exact) mass is 254 g/mol. The van der Waals surface area contributed by atoms with Crippen LogP contribution in [0.4, 0.5) is 5.69 Å². The molecule has 2 heterocycles. The van der Waals surface area contributed by atoms with E-state index in [-0.39, 0.29) is 6.79 Å². The van der Waals surface area contributed by atoms with E-state index in [2.05, 4.69) is 4.85 Å².